The molecule has 44 heavy (non-hydrogen) atoms. The minimum atomic E-state index is -0.556. The summed E-state index contributed by atoms with van der Waals surface area (Å²) in [6.45, 7) is 10.8. The van der Waals surface area contributed by atoms with Crippen molar-refractivity contribution in [3.8, 4) is 22.5 Å². The summed E-state index contributed by atoms with van der Waals surface area (Å²) in [6, 6.07) is 28.9. The number of aryl methyl sites for hydroxylation is 3. The molecule has 2 heterocycles. The lowest BCUT2D eigenvalue weighted by molar-refractivity contribution is 0.00704. The molecule has 0 aliphatic carbocycles. The highest BCUT2D eigenvalue weighted by Gasteiger charge is 2.21. The molecular weight excluding hydrogens is 544 g/mol. The average molecular weight is 585 g/mol. The Balaban J connectivity index is 1.39. The maximum absolute atomic E-state index is 13.0. The molecule has 6 heteroatoms. The van der Waals surface area contributed by atoms with Gasteiger partial charge in [0.25, 0.3) is 0 Å². The minimum absolute atomic E-state index is 0.311. The average Bonchev–Trinajstić information content (AvgIpc) is 3.53. The summed E-state index contributed by atoms with van der Waals surface area (Å²) < 4.78 is 10.2. The standard InChI is InChI=1S/C38H40N4O2/c1-7-13-34-40-35-26(8-2)22-28(36-39-31-16-11-12-17-32(31)41(36)6)23-33(35)42(34)24-25-18-20-27(21-19-25)29-14-9-10-15-30(29)37(43)44-38(3,4)5/h9-12,14-23H,7-8,13,24H2,1-6H3. The first-order valence-electron chi connectivity index (χ1n) is 15.5. The monoisotopic (exact) mass is 584 g/mol. The largest absolute Gasteiger partial charge is 0.456 e. The van der Waals surface area contributed by atoms with E-state index >= 15 is 0 Å². The van der Waals surface area contributed by atoms with Gasteiger partial charge in [-0.2, -0.15) is 0 Å². The zero-order valence-electron chi connectivity index (χ0n) is 26.5. The van der Waals surface area contributed by atoms with E-state index in [1.54, 1.807) is 0 Å². The molecule has 0 radical (unpaired) electrons. The first-order valence-corrected chi connectivity index (χ1v) is 15.5. The number of para-hydroxylation sites is 2. The van der Waals surface area contributed by atoms with Gasteiger partial charge in [-0.25, -0.2) is 14.8 Å². The van der Waals surface area contributed by atoms with Crippen molar-refractivity contribution in [3.63, 3.8) is 0 Å². The molecule has 4 aromatic carbocycles. The van der Waals surface area contributed by atoms with Crippen molar-refractivity contribution in [2.45, 2.75) is 66.0 Å². The summed E-state index contributed by atoms with van der Waals surface area (Å²) in [5.74, 6) is 1.74. The molecule has 0 spiro atoms. The van der Waals surface area contributed by atoms with Crippen molar-refractivity contribution in [3.05, 3.63) is 107 Å². The molecule has 0 aliphatic heterocycles. The SMILES string of the molecule is CCCc1nc2c(CC)cc(-c3nc4ccccc4n3C)cc2n1Cc1ccc(-c2ccccc2C(=O)OC(C)(C)C)cc1. The summed E-state index contributed by atoms with van der Waals surface area (Å²) in [7, 11) is 2.09. The van der Waals surface area contributed by atoms with Crippen LogP contribution in [0, 0.1) is 0 Å². The van der Waals surface area contributed by atoms with Gasteiger partial charge in [-0.15, -0.1) is 0 Å². The number of ether oxygens (including phenoxy) is 1. The molecule has 0 fully saturated rings. The van der Waals surface area contributed by atoms with Crippen LogP contribution < -0.4 is 0 Å². The lowest BCUT2D eigenvalue weighted by Gasteiger charge is -2.20. The van der Waals surface area contributed by atoms with E-state index in [4.69, 9.17) is 14.7 Å². The Morgan fingerprint density at radius 3 is 2.27 bits per heavy atom. The third-order valence-electron chi connectivity index (χ3n) is 8.06. The first-order chi connectivity index (χ1) is 21.2. The van der Waals surface area contributed by atoms with Gasteiger partial charge in [0.05, 0.1) is 27.6 Å². The van der Waals surface area contributed by atoms with Crippen LogP contribution in [0.1, 0.15) is 68.3 Å². The number of benzene rings is 4. The number of imidazole rings is 2. The van der Waals surface area contributed by atoms with Gasteiger partial charge in [0.2, 0.25) is 0 Å². The van der Waals surface area contributed by atoms with Crippen molar-refractivity contribution >= 4 is 28.0 Å². The van der Waals surface area contributed by atoms with Gasteiger partial charge in [-0.05, 0) is 86.2 Å². The Morgan fingerprint density at radius 1 is 0.841 bits per heavy atom. The molecule has 0 saturated carbocycles. The quantitative estimate of drug-likeness (QED) is 0.168. The fourth-order valence-electron chi connectivity index (χ4n) is 5.95. The number of rotatable bonds is 8. The van der Waals surface area contributed by atoms with E-state index < -0.39 is 5.60 Å². The Bertz CT molecular complexity index is 1970. The maximum Gasteiger partial charge on any atom is 0.339 e. The predicted molar refractivity (Wildman–Crippen MR) is 179 cm³/mol. The Morgan fingerprint density at radius 2 is 1.57 bits per heavy atom. The number of carbonyl (C=O) groups is 1. The van der Waals surface area contributed by atoms with E-state index in [2.05, 4.69) is 84.6 Å². The van der Waals surface area contributed by atoms with E-state index in [0.717, 1.165) is 69.7 Å². The molecule has 2 aromatic heterocycles. The summed E-state index contributed by atoms with van der Waals surface area (Å²) >= 11 is 0. The smallest absolute Gasteiger partial charge is 0.339 e. The van der Waals surface area contributed by atoms with E-state index in [-0.39, 0.29) is 5.97 Å². The molecule has 0 saturated heterocycles. The second-order valence-corrected chi connectivity index (χ2v) is 12.4. The van der Waals surface area contributed by atoms with Crippen molar-refractivity contribution < 1.29 is 9.53 Å². The van der Waals surface area contributed by atoms with Gasteiger partial charge in [-0.3, -0.25) is 0 Å². The van der Waals surface area contributed by atoms with Crippen molar-refractivity contribution in [2.24, 2.45) is 7.05 Å². The highest BCUT2D eigenvalue weighted by atomic mass is 16.6. The second kappa shape index (κ2) is 11.8. The van der Waals surface area contributed by atoms with E-state index in [1.807, 2.05) is 51.1 Å². The summed E-state index contributed by atoms with van der Waals surface area (Å²) in [6.07, 6.45) is 2.81. The van der Waals surface area contributed by atoms with Crippen LogP contribution in [-0.4, -0.2) is 30.7 Å². The highest BCUT2D eigenvalue weighted by Crippen LogP contribution is 2.32. The lowest BCUT2D eigenvalue weighted by Crippen LogP contribution is -2.24. The van der Waals surface area contributed by atoms with Crippen LogP contribution in [0.25, 0.3) is 44.6 Å². The molecule has 0 amide bonds. The molecule has 6 nitrogen and oxygen atoms in total. The molecule has 0 bridgehead atoms. The van der Waals surface area contributed by atoms with Gasteiger partial charge in [0.15, 0.2) is 0 Å². The third kappa shape index (κ3) is 5.64. The van der Waals surface area contributed by atoms with E-state index in [9.17, 15) is 4.79 Å². The Labute approximate surface area is 259 Å². The molecule has 0 atom stereocenters. The predicted octanol–water partition coefficient (Wildman–Crippen LogP) is 8.78. The molecule has 0 aliphatic rings. The van der Waals surface area contributed by atoms with Crippen LogP contribution >= 0.6 is 0 Å². The fourth-order valence-corrected chi connectivity index (χ4v) is 5.95. The molecule has 0 N–H and O–H groups in total. The molecular formula is C38H40N4O2. The topological polar surface area (TPSA) is 61.9 Å². The van der Waals surface area contributed by atoms with Gasteiger partial charge >= 0.3 is 5.97 Å². The molecule has 6 rings (SSSR count). The number of nitrogens with zero attached hydrogens (tertiary/aromatic N) is 4. The number of carbonyl (C=O) groups excluding carboxylic acids is 1. The summed E-state index contributed by atoms with van der Waals surface area (Å²) in [4.78, 5) is 23.2. The van der Waals surface area contributed by atoms with Crippen LogP contribution in [0.3, 0.4) is 0 Å². The summed E-state index contributed by atoms with van der Waals surface area (Å²) in [5, 5.41) is 0. The Kier molecular flexibility index (Phi) is 7.85. The number of esters is 1. The number of hydrogen-bond acceptors (Lipinski definition) is 4. The van der Waals surface area contributed by atoms with E-state index in [1.165, 1.54) is 11.1 Å². The molecule has 224 valence electrons. The van der Waals surface area contributed by atoms with Gasteiger partial charge in [0, 0.05) is 25.6 Å². The third-order valence-corrected chi connectivity index (χ3v) is 8.06. The highest BCUT2D eigenvalue weighted by molar-refractivity contribution is 5.97. The zero-order chi connectivity index (χ0) is 31.0. The van der Waals surface area contributed by atoms with Crippen LogP contribution in [0.15, 0.2) is 84.9 Å². The zero-order valence-corrected chi connectivity index (χ0v) is 26.5. The van der Waals surface area contributed by atoms with Crippen LogP contribution in [0.4, 0.5) is 0 Å². The second-order valence-electron chi connectivity index (χ2n) is 12.4. The Hall–Kier alpha value is -4.71. The van der Waals surface area contributed by atoms with Crippen molar-refractivity contribution in [1.82, 2.24) is 19.1 Å². The van der Waals surface area contributed by atoms with Gasteiger partial charge in [-0.1, -0.05) is 68.4 Å². The number of fused-ring (bicyclic) bond motifs is 2. The summed E-state index contributed by atoms with van der Waals surface area (Å²) in [5.41, 5.74) is 9.69. The van der Waals surface area contributed by atoms with Crippen molar-refractivity contribution in [1.29, 1.82) is 0 Å². The minimum Gasteiger partial charge on any atom is -0.456 e. The normalized spacial score (nSPS) is 11.9. The van der Waals surface area contributed by atoms with Crippen LogP contribution in [0.5, 0.6) is 0 Å². The number of aromatic nitrogens is 4. The van der Waals surface area contributed by atoms with Gasteiger partial charge in [0.1, 0.15) is 17.2 Å². The van der Waals surface area contributed by atoms with Crippen molar-refractivity contribution in [2.75, 3.05) is 0 Å². The lowest BCUT2D eigenvalue weighted by atomic mass is 9.98. The maximum atomic E-state index is 13.0. The molecule has 6 aromatic rings. The van der Waals surface area contributed by atoms with E-state index in [0.29, 0.717) is 12.1 Å². The first kappa shape index (κ1) is 29.4. The van der Waals surface area contributed by atoms with Crippen LogP contribution in [-0.2, 0) is 31.2 Å². The number of hydrogen-bond donors (Lipinski definition) is 0. The van der Waals surface area contributed by atoms with Crippen LogP contribution in [0.2, 0.25) is 0 Å². The molecule has 0 unspecified atom stereocenters. The van der Waals surface area contributed by atoms with Gasteiger partial charge < -0.3 is 13.9 Å². The fraction of sp³-hybridized carbons (Fsp3) is 0.289.